The minimum Gasteiger partial charge on any atom is -0.302 e. The number of fused-ring (bicyclic) bond motifs is 1. The molecule has 2 aromatic carbocycles. The Morgan fingerprint density at radius 2 is 1.74 bits per heavy atom. The Hall–Kier alpha value is -2.82. The number of thioether (sulfide) groups is 1. The van der Waals surface area contributed by atoms with Gasteiger partial charge in [-0.2, -0.15) is 18.3 Å². The zero-order chi connectivity index (χ0) is 27.0. The smallest absolute Gasteiger partial charge is 0.302 e. The maximum absolute atomic E-state index is 13.5. The van der Waals surface area contributed by atoms with Gasteiger partial charge in [-0.05, 0) is 66.3 Å². The molecule has 0 bridgehead atoms. The van der Waals surface area contributed by atoms with Gasteiger partial charge in [-0.25, -0.2) is 5.01 Å². The number of amides is 1. The third kappa shape index (κ3) is 5.48. The fraction of sp³-hybridized carbons (Fsp3) is 0.308. The number of carbonyl (C=O) groups excluding carboxylic acids is 1. The Morgan fingerprint density at radius 3 is 2.37 bits per heavy atom. The van der Waals surface area contributed by atoms with Crippen molar-refractivity contribution in [2.45, 2.75) is 36.6 Å². The van der Waals surface area contributed by atoms with Crippen LogP contribution in [-0.4, -0.2) is 37.1 Å². The van der Waals surface area contributed by atoms with Gasteiger partial charge in [-0.1, -0.05) is 59.2 Å². The van der Waals surface area contributed by atoms with Crippen molar-refractivity contribution in [2.24, 2.45) is 18.1 Å². The van der Waals surface area contributed by atoms with Crippen LogP contribution in [0.15, 0.2) is 64.4 Å². The van der Waals surface area contributed by atoms with Crippen molar-refractivity contribution in [1.29, 1.82) is 0 Å². The van der Waals surface area contributed by atoms with Gasteiger partial charge in [0.2, 0.25) is 5.82 Å². The molecule has 0 N–H and O–H groups in total. The van der Waals surface area contributed by atoms with E-state index in [9.17, 15) is 18.0 Å². The van der Waals surface area contributed by atoms with E-state index in [0.717, 1.165) is 58.0 Å². The Bertz CT molecular complexity index is 1400. The van der Waals surface area contributed by atoms with E-state index < -0.39 is 12.0 Å². The average Bonchev–Trinajstić information content (AvgIpc) is 3.46. The van der Waals surface area contributed by atoms with E-state index in [1.807, 2.05) is 36.4 Å². The van der Waals surface area contributed by atoms with E-state index >= 15 is 0 Å². The molecule has 38 heavy (non-hydrogen) atoms. The number of benzene rings is 2. The van der Waals surface area contributed by atoms with E-state index in [2.05, 4.69) is 16.3 Å². The number of hydrazone groups is 1. The zero-order valence-corrected chi connectivity index (χ0v) is 22.5. The summed E-state index contributed by atoms with van der Waals surface area (Å²) in [5.41, 5.74) is 3.78. The van der Waals surface area contributed by atoms with Crippen LogP contribution in [0.4, 0.5) is 13.2 Å². The molecule has 5 rings (SSSR count). The van der Waals surface area contributed by atoms with E-state index in [-0.39, 0.29) is 28.8 Å². The van der Waals surface area contributed by atoms with E-state index in [4.69, 9.17) is 28.3 Å². The molecule has 0 saturated heterocycles. The second kappa shape index (κ2) is 10.7. The first-order valence-electron chi connectivity index (χ1n) is 11.8. The number of allylic oxidation sites excluding steroid dienone is 1. The van der Waals surface area contributed by atoms with E-state index in [1.165, 1.54) is 12.1 Å². The van der Waals surface area contributed by atoms with Gasteiger partial charge in [0.15, 0.2) is 5.16 Å². The number of hydrogen-bond donors (Lipinski definition) is 0. The molecule has 1 aromatic heterocycles. The van der Waals surface area contributed by atoms with Gasteiger partial charge < -0.3 is 4.57 Å². The fourth-order valence-corrected chi connectivity index (χ4v) is 5.86. The molecule has 1 amide bonds. The van der Waals surface area contributed by atoms with Gasteiger partial charge in [0.25, 0.3) is 5.91 Å². The lowest BCUT2D eigenvalue weighted by molar-refractivity contribution is -0.147. The third-order valence-electron chi connectivity index (χ3n) is 6.59. The quantitative estimate of drug-likeness (QED) is 0.304. The molecule has 1 aliphatic carbocycles. The number of carbonyl (C=O) groups is 1. The van der Waals surface area contributed by atoms with Gasteiger partial charge in [0.1, 0.15) is 0 Å². The number of nitrogens with zero attached hydrogens (tertiary/aromatic N) is 5. The van der Waals surface area contributed by atoms with Crippen LogP contribution >= 0.6 is 35.0 Å². The lowest BCUT2D eigenvalue weighted by Gasteiger charge is -2.29. The number of aromatic nitrogens is 3. The maximum Gasteiger partial charge on any atom is 0.451 e. The minimum atomic E-state index is -4.63. The second-order valence-electron chi connectivity index (χ2n) is 9.09. The Balaban J connectivity index is 1.45. The molecule has 3 aromatic rings. The zero-order valence-electron chi connectivity index (χ0n) is 20.1. The molecule has 2 aliphatic rings. The van der Waals surface area contributed by atoms with Crippen LogP contribution < -0.4 is 0 Å². The summed E-state index contributed by atoms with van der Waals surface area (Å²) in [5.74, 6) is -1.62. The molecule has 2 atom stereocenters. The van der Waals surface area contributed by atoms with Gasteiger partial charge >= 0.3 is 6.18 Å². The molecule has 12 heteroatoms. The molecule has 0 radical (unpaired) electrons. The second-order valence-corrected chi connectivity index (χ2v) is 10.9. The van der Waals surface area contributed by atoms with Gasteiger partial charge in [-0.3, -0.25) is 4.79 Å². The number of hydrogen-bond acceptors (Lipinski definition) is 5. The summed E-state index contributed by atoms with van der Waals surface area (Å²) in [5, 5.41) is 14.4. The monoisotopic (exact) mass is 579 g/mol. The van der Waals surface area contributed by atoms with Crippen LogP contribution in [0.25, 0.3) is 6.08 Å². The highest BCUT2D eigenvalue weighted by molar-refractivity contribution is 7.99. The van der Waals surface area contributed by atoms with Crippen LogP contribution in [0.2, 0.25) is 10.0 Å². The molecule has 2 heterocycles. The van der Waals surface area contributed by atoms with Crippen molar-refractivity contribution < 1.29 is 18.0 Å². The summed E-state index contributed by atoms with van der Waals surface area (Å²) in [4.78, 5) is 13.5. The first-order chi connectivity index (χ1) is 18.1. The molecule has 1 fully saturated rings. The molecular weight excluding hydrogens is 558 g/mol. The van der Waals surface area contributed by atoms with Crippen molar-refractivity contribution >= 4 is 52.7 Å². The SMILES string of the molecule is Cn1c(SCC(=O)N2N=C3/C(=C\c4ccc(Cl)cc4)CCC[C@H]3[C@@H]2c2ccc(Cl)cc2)nnc1C(F)(F)F. The predicted octanol–water partition coefficient (Wildman–Crippen LogP) is 7.06. The van der Waals surface area contributed by atoms with Gasteiger partial charge in [0, 0.05) is 23.0 Å². The summed E-state index contributed by atoms with van der Waals surface area (Å²) >= 11 is 13.1. The molecule has 1 saturated carbocycles. The van der Waals surface area contributed by atoms with Crippen LogP contribution in [0, 0.1) is 5.92 Å². The number of halogens is 5. The Labute approximate surface area is 231 Å². The average molecular weight is 580 g/mol. The molecule has 6 nitrogen and oxygen atoms in total. The maximum atomic E-state index is 13.5. The third-order valence-corrected chi connectivity index (χ3v) is 8.10. The minimum absolute atomic E-state index is 0.00121. The van der Waals surface area contributed by atoms with Crippen molar-refractivity contribution in [3.05, 3.63) is 81.1 Å². The molecular formula is C26H22Cl2F3N5OS. The molecule has 198 valence electrons. The highest BCUT2D eigenvalue weighted by Gasteiger charge is 2.44. The summed E-state index contributed by atoms with van der Waals surface area (Å²) < 4.78 is 40.2. The van der Waals surface area contributed by atoms with Crippen molar-refractivity contribution in [2.75, 3.05) is 5.75 Å². The highest BCUT2D eigenvalue weighted by Crippen LogP contribution is 2.45. The fourth-order valence-electron chi connectivity index (χ4n) is 4.84. The summed E-state index contributed by atoms with van der Waals surface area (Å²) in [6.45, 7) is 0. The normalized spacial score (nSPS) is 20.5. The predicted molar refractivity (Wildman–Crippen MR) is 142 cm³/mol. The number of alkyl halides is 3. The summed E-state index contributed by atoms with van der Waals surface area (Å²) in [7, 11) is 1.23. The lowest BCUT2D eigenvalue weighted by atomic mass is 9.77. The summed E-state index contributed by atoms with van der Waals surface area (Å²) in [6.07, 6.45) is 0.0402. The first kappa shape index (κ1) is 26.8. The van der Waals surface area contributed by atoms with Crippen molar-refractivity contribution in [3.63, 3.8) is 0 Å². The highest BCUT2D eigenvalue weighted by atomic mass is 35.5. The van der Waals surface area contributed by atoms with Crippen LogP contribution in [0.5, 0.6) is 0 Å². The van der Waals surface area contributed by atoms with E-state index in [1.54, 1.807) is 12.1 Å². The van der Waals surface area contributed by atoms with Crippen molar-refractivity contribution in [3.8, 4) is 0 Å². The lowest BCUT2D eigenvalue weighted by Crippen LogP contribution is -2.32. The van der Waals surface area contributed by atoms with Crippen molar-refractivity contribution in [1.82, 2.24) is 19.8 Å². The van der Waals surface area contributed by atoms with Crippen LogP contribution in [0.1, 0.15) is 42.3 Å². The van der Waals surface area contributed by atoms with Gasteiger partial charge in [-0.15, -0.1) is 10.2 Å². The first-order valence-corrected chi connectivity index (χ1v) is 13.6. The van der Waals surface area contributed by atoms with Gasteiger partial charge in [0.05, 0.1) is 17.5 Å². The standard InChI is InChI=1S/C26H22Cl2F3N5OS/c1-35-24(26(29,30)31)32-33-25(35)38-14-21(37)36-23(16-7-11-19(28)12-8-16)20-4-2-3-17(22(20)34-36)13-15-5-9-18(27)10-6-15/h5-13,20,23H,2-4,14H2,1H3/b17-13-/t20-,23+/m1/s1. The molecule has 1 aliphatic heterocycles. The largest absolute Gasteiger partial charge is 0.451 e. The van der Waals surface area contributed by atoms with E-state index in [0.29, 0.717) is 10.0 Å². The molecule has 0 spiro atoms. The Morgan fingerprint density at radius 1 is 1.08 bits per heavy atom. The van der Waals surface area contributed by atoms with Crippen LogP contribution in [-0.2, 0) is 18.0 Å². The summed E-state index contributed by atoms with van der Waals surface area (Å²) in [6, 6.07) is 14.5. The molecule has 0 unspecified atom stereocenters. The van der Waals surface area contributed by atoms with Crippen LogP contribution in [0.3, 0.4) is 0 Å². The Kier molecular flexibility index (Phi) is 7.57. The number of rotatable bonds is 5. The topological polar surface area (TPSA) is 63.4 Å².